The van der Waals surface area contributed by atoms with E-state index in [1.807, 2.05) is 55.1 Å². The van der Waals surface area contributed by atoms with E-state index in [4.69, 9.17) is 9.47 Å². The minimum atomic E-state index is 0.0822. The van der Waals surface area contributed by atoms with E-state index in [1.54, 1.807) is 6.20 Å². The molecule has 1 amide bonds. The summed E-state index contributed by atoms with van der Waals surface area (Å²) in [4.78, 5) is 18.9. The van der Waals surface area contributed by atoms with Crippen LogP contribution in [0, 0.1) is 6.92 Å². The molecule has 5 nitrogen and oxygen atoms in total. The predicted octanol–water partition coefficient (Wildman–Crippen LogP) is 3.61. The highest BCUT2D eigenvalue weighted by molar-refractivity contribution is 5.94. The molecular formula is C21H26N2O3. The summed E-state index contributed by atoms with van der Waals surface area (Å²) in [5.74, 6) is 0.809. The summed E-state index contributed by atoms with van der Waals surface area (Å²) in [5, 5.41) is 0. The summed E-state index contributed by atoms with van der Waals surface area (Å²) in [6.45, 7) is 6.60. The molecule has 26 heavy (non-hydrogen) atoms. The number of ether oxygens (including phenoxy) is 2. The smallest absolute Gasteiger partial charge is 0.253 e. The SMILES string of the molecule is CCOC1CCN(C(=O)c2cccc(COc3ccc(C)nc3)c2)CC1. The monoisotopic (exact) mass is 354 g/mol. The fourth-order valence-corrected chi connectivity index (χ4v) is 3.14. The van der Waals surface area contributed by atoms with Crippen LogP contribution in [0.25, 0.3) is 0 Å². The van der Waals surface area contributed by atoms with Crippen LogP contribution >= 0.6 is 0 Å². The quantitative estimate of drug-likeness (QED) is 0.795. The zero-order chi connectivity index (χ0) is 18.4. The molecule has 5 heteroatoms. The number of amides is 1. The number of pyridine rings is 1. The van der Waals surface area contributed by atoms with Gasteiger partial charge >= 0.3 is 0 Å². The Bertz CT molecular complexity index is 722. The van der Waals surface area contributed by atoms with E-state index in [2.05, 4.69) is 4.98 Å². The van der Waals surface area contributed by atoms with Crippen molar-refractivity contribution in [3.05, 3.63) is 59.4 Å². The molecule has 1 saturated heterocycles. The van der Waals surface area contributed by atoms with Gasteiger partial charge in [0, 0.05) is 31.0 Å². The molecule has 1 aromatic carbocycles. The Morgan fingerprint density at radius 2 is 2.04 bits per heavy atom. The molecule has 2 heterocycles. The molecule has 138 valence electrons. The second kappa shape index (κ2) is 8.81. The van der Waals surface area contributed by atoms with Crippen molar-refractivity contribution >= 4 is 5.91 Å². The number of piperidine rings is 1. The van der Waals surface area contributed by atoms with Crippen molar-refractivity contribution in [1.29, 1.82) is 0 Å². The van der Waals surface area contributed by atoms with Crippen LogP contribution in [0.3, 0.4) is 0 Å². The highest BCUT2D eigenvalue weighted by atomic mass is 16.5. The summed E-state index contributed by atoms with van der Waals surface area (Å²) in [6.07, 6.45) is 3.81. The van der Waals surface area contributed by atoms with E-state index in [-0.39, 0.29) is 12.0 Å². The van der Waals surface area contributed by atoms with Crippen LogP contribution in [0.1, 0.15) is 41.4 Å². The van der Waals surface area contributed by atoms with Crippen molar-refractivity contribution < 1.29 is 14.3 Å². The fraction of sp³-hybridized carbons (Fsp3) is 0.429. The molecule has 1 aromatic heterocycles. The molecule has 0 atom stereocenters. The van der Waals surface area contributed by atoms with E-state index in [0.29, 0.717) is 12.2 Å². The molecule has 1 fully saturated rings. The number of hydrogen-bond acceptors (Lipinski definition) is 4. The molecule has 0 N–H and O–H groups in total. The molecule has 0 spiro atoms. The number of rotatable bonds is 6. The molecule has 0 radical (unpaired) electrons. The van der Waals surface area contributed by atoms with Crippen LogP contribution in [0.15, 0.2) is 42.6 Å². The molecule has 0 aliphatic carbocycles. The first-order valence-electron chi connectivity index (χ1n) is 9.21. The maximum absolute atomic E-state index is 12.8. The van der Waals surface area contributed by atoms with Crippen molar-refractivity contribution in [2.45, 2.75) is 39.4 Å². The van der Waals surface area contributed by atoms with E-state index < -0.39 is 0 Å². The third kappa shape index (κ3) is 4.82. The largest absolute Gasteiger partial charge is 0.487 e. The number of aromatic nitrogens is 1. The van der Waals surface area contributed by atoms with Crippen LogP contribution in [-0.2, 0) is 11.3 Å². The maximum atomic E-state index is 12.8. The van der Waals surface area contributed by atoms with Crippen molar-refractivity contribution in [3.8, 4) is 5.75 Å². The van der Waals surface area contributed by atoms with Gasteiger partial charge < -0.3 is 14.4 Å². The lowest BCUT2D eigenvalue weighted by molar-refractivity contribution is 0.0146. The number of hydrogen-bond donors (Lipinski definition) is 0. The highest BCUT2D eigenvalue weighted by Gasteiger charge is 2.23. The van der Waals surface area contributed by atoms with E-state index >= 15 is 0 Å². The van der Waals surface area contributed by atoms with E-state index in [1.165, 1.54) is 0 Å². The summed E-state index contributed by atoms with van der Waals surface area (Å²) < 4.78 is 11.4. The lowest BCUT2D eigenvalue weighted by atomic mass is 10.1. The standard InChI is InChI=1S/C21H26N2O3/c1-3-25-19-9-11-23(12-10-19)21(24)18-6-4-5-17(13-18)15-26-20-8-7-16(2)22-14-20/h4-8,13-14,19H,3,9-12,15H2,1-2H3. The summed E-state index contributed by atoms with van der Waals surface area (Å²) in [6, 6.07) is 11.5. The Morgan fingerprint density at radius 1 is 1.23 bits per heavy atom. The molecule has 1 aliphatic heterocycles. The van der Waals surface area contributed by atoms with Gasteiger partial charge in [0.05, 0.1) is 12.3 Å². The number of nitrogens with zero attached hydrogens (tertiary/aromatic N) is 2. The maximum Gasteiger partial charge on any atom is 0.253 e. The lowest BCUT2D eigenvalue weighted by Crippen LogP contribution is -2.40. The Labute approximate surface area is 155 Å². The van der Waals surface area contributed by atoms with E-state index in [0.717, 1.165) is 49.5 Å². The lowest BCUT2D eigenvalue weighted by Gasteiger charge is -2.31. The number of carbonyl (C=O) groups excluding carboxylic acids is 1. The number of carbonyl (C=O) groups is 1. The summed E-state index contributed by atoms with van der Waals surface area (Å²) in [5.41, 5.74) is 2.64. The van der Waals surface area contributed by atoms with Gasteiger partial charge in [0.25, 0.3) is 5.91 Å². The number of aryl methyl sites for hydroxylation is 1. The first-order chi connectivity index (χ1) is 12.7. The topological polar surface area (TPSA) is 51.7 Å². The zero-order valence-electron chi connectivity index (χ0n) is 15.5. The molecule has 3 rings (SSSR count). The average molecular weight is 354 g/mol. The molecule has 0 unspecified atom stereocenters. The Kier molecular flexibility index (Phi) is 6.23. The van der Waals surface area contributed by atoms with Crippen molar-refractivity contribution in [2.75, 3.05) is 19.7 Å². The zero-order valence-corrected chi connectivity index (χ0v) is 15.5. The third-order valence-electron chi connectivity index (χ3n) is 4.60. The normalized spacial score (nSPS) is 15.1. The van der Waals surface area contributed by atoms with Gasteiger partial charge in [0.2, 0.25) is 0 Å². The van der Waals surface area contributed by atoms with Crippen LogP contribution in [0.5, 0.6) is 5.75 Å². The van der Waals surface area contributed by atoms with Gasteiger partial charge in [-0.15, -0.1) is 0 Å². The van der Waals surface area contributed by atoms with Gasteiger partial charge in [0.15, 0.2) is 0 Å². The van der Waals surface area contributed by atoms with E-state index in [9.17, 15) is 4.79 Å². The van der Waals surface area contributed by atoms with Crippen molar-refractivity contribution in [1.82, 2.24) is 9.88 Å². The van der Waals surface area contributed by atoms with Gasteiger partial charge in [-0.05, 0) is 56.5 Å². The first kappa shape index (κ1) is 18.4. The summed E-state index contributed by atoms with van der Waals surface area (Å²) >= 11 is 0. The highest BCUT2D eigenvalue weighted by Crippen LogP contribution is 2.18. The van der Waals surface area contributed by atoms with Gasteiger partial charge in [-0.25, -0.2) is 0 Å². The van der Waals surface area contributed by atoms with Crippen molar-refractivity contribution in [2.24, 2.45) is 0 Å². The Morgan fingerprint density at radius 3 is 2.73 bits per heavy atom. The molecule has 2 aromatic rings. The fourth-order valence-electron chi connectivity index (χ4n) is 3.14. The molecule has 1 aliphatic rings. The second-order valence-corrected chi connectivity index (χ2v) is 6.57. The molecular weight excluding hydrogens is 328 g/mol. The van der Waals surface area contributed by atoms with Gasteiger partial charge in [0.1, 0.15) is 12.4 Å². The predicted molar refractivity (Wildman–Crippen MR) is 100 cm³/mol. The van der Waals surface area contributed by atoms with Crippen molar-refractivity contribution in [3.63, 3.8) is 0 Å². The van der Waals surface area contributed by atoms with Gasteiger partial charge in [-0.3, -0.25) is 9.78 Å². The molecule has 0 saturated carbocycles. The average Bonchev–Trinajstić information content (AvgIpc) is 2.68. The minimum absolute atomic E-state index is 0.0822. The van der Waals surface area contributed by atoms with Crippen LogP contribution in [0.4, 0.5) is 0 Å². The summed E-state index contributed by atoms with van der Waals surface area (Å²) in [7, 11) is 0. The minimum Gasteiger partial charge on any atom is -0.487 e. The molecule has 0 bridgehead atoms. The Hall–Kier alpha value is -2.40. The van der Waals surface area contributed by atoms with Crippen LogP contribution in [-0.4, -0.2) is 41.6 Å². The van der Waals surface area contributed by atoms with Gasteiger partial charge in [-0.2, -0.15) is 0 Å². The van der Waals surface area contributed by atoms with Crippen LogP contribution < -0.4 is 4.74 Å². The van der Waals surface area contributed by atoms with Gasteiger partial charge in [-0.1, -0.05) is 12.1 Å². The van der Waals surface area contributed by atoms with Crippen LogP contribution in [0.2, 0.25) is 0 Å². The second-order valence-electron chi connectivity index (χ2n) is 6.57. The third-order valence-corrected chi connectivity index (χ3v) is 4.60. The number of likely N-dealkylation sites (tertiary alicyclic amines) is 1. The first-order valence-corrected chi connectivity index (χ1v) is 9.21. The Balaban J connectivity index is 1.58. The number of benzene rings is 1.